The van der Waals surface area contributed by atoms with Gasteiger partial charge in [-0.05, 0) is 12.5 Å². The first-order valence-electron chi connectivity index (χ1n) is 4.75. The Labute approximate surface area is 87.2 Å². The van der Waals surface area contributed by atoms with Crippen molar-refractivity contribution in [2.24, 2.45) is 0 Å². The van der Waals surface area contributed by atoms with Gasteiger partial charge in [0.2, 0.25) is 0 Å². The van der Waals surface area contributed by atoms with Crippen molar-refractivity contribution in [3.8, 4) is 0 Å². The molecule has 2 rings (SSSR count). The van der Waals surface area contributed by atoms with Gasteiger partial charge in [0.15, 0.2) is 0 Å². The molecule has 1 fully saturated rings. The average Bonchev–Trinajstić information content (AvgIpc) is 2.25. The van der Waals surface area contributed by atoms with Crippen LogP contribution >= 0.6 is 0 Å². The van der Waals surface area contributed by atoms with E-state index in [-0.39, 0.29) is 6.04 Å². The van der Waals surface area contributed by atoms with Crippen molar-refractivity contribution in [2.45, 2.75) is 19.1 Å². The van der Waals surface area contributed by atoms with Crippen LogP contribution in [-0.2, 0) is 14.3 Å². The molecule has 15 heavy (non-hydrogen) atoms. The van der Waals surface area contributed by atoms with E-state index in [2.05, 4.69) is 5.32 Å². The molecule has 1 saturated heterocycles. The normalized spacial score (nSPS) is 25.7. The summed E-state index contributed by atoms with van der Waals surface area (Å²) in [5.41, 5.74) is 0.887. The third-order valence-corrected chi connectivity index (χ3v) is 2.36. The fourth-order valence-electron chi connectivity index (χ4n) is 1.61. The van der Waals surface area contributed by atoms with Gasteiger partial charge >= 0.3 is 11.9 Å². The Morgan fingerprint density at radius 2 is 1.87 bits per heavy atom. The molecule has 1 aliphatic heterocycles. The highest BCUT2D eigenvalue weighted by molar-refractivity contribution is 6.33. The average molecular weight is 205 g/mol. The van der Waals surface area contributed by atoms with E-state index in [1.807, 2.05) is 37.3 Å². The lowest BCUT2D eigenvalue weighted by atomic mass is 10.0. The summed E-state index contributed by atoms with van der Waals surface area (Å²) in [5, 5.41) is 2.56. The number of hydrogen-bond acceptors (Lipinski definition) is 3. The standard InChI is InChI=1S/C11H11NO3/c1-7-9(8-5-3-2-4-6-8)15-11(14)10(13)12-7/h2-7,9H,1H3,(H,12,13)/t7-,9-/m1/s1. The number of cyclic esters (lactones) is 1. The Kier molecular flexibility index (Phi) is 2.41. The number of esters is 1. The fourth-order valence-corrected chi connectivity index (χ4v) is 1.61. The van der Waals surface area contributed by atoms with Crippen molar-refractivity contribution < 1.29 is 14.3 Å². The molecule has 78 valence electrons. The van der Waals surface area contributed by atoms with Crippen LogP contribution in [0.25, 0.3) is 0 Å². The van der Waals surface area contributed by atoms with Crippen molar-refractivity contribution in [1.29, 1.82) is 0 Å². The second-order valence-corrected chi connectivity index (χ2v) is 3.50. The highest BCUT2D eigenvalue weighted by atomic mass is 16.6. The molecule has 2 atom stereocenters. The van der Waals surface area contributed by atoms with E-state index in [1.54, 1.807) is 0 Å². The van der Waals surface area contributed by atoms with E-state index in [4.69, 9.17) is 4.74 Å². The first kappa shape index (κ1) is 9.71. The predicted octanol–water partition coefficient (Wildman–Crippen LogP) is 0.789. The van der Waals surface area contributed by atoms with Gasteiger partial charge < -0.3 is 10.1 Å². The van der Waals surface area contributed by atoms with Gasteiger partial charge in [-0.25, -0.2) is 4.79 Å². The second kappa shape index (κ2) is 3.73. The summed E-state index contributed by atoms with van der Waals surface area (Å²) in [6.45, 7) is 1.81. The molecular weight excluding hydrogens is 194 g/mol. The molecule has 1 amide bonds. The summed E-state index contributed by atoms with van der Waals surface area (Å²) in [7, 11) is 0. The molecule has 4 nitrogen and oxygen atoms in total. The van der Waals surface area contributed by atoms with Crippen molar-refractivity contribution in [3.05, 3.63) is 35.9 Å². The van der Waals surface area contributed by atoms with E-state index < -0.39 is 18.0 Å². The Hall–Kier alpha value is -1.84. The van der Waals surface area contributed by atoms with Gasteiger partial charge in [-0.1, -0.05) is 30.3 Å². The first-order chi connectivity index (χ1) is 7.18. The van der Waals surface area contributed by atoms with Crippen molar-refractivity contribution >= 4 is 11.9 Å². The maximum Gasteiger partial charge on any atom is 0.397 e. The van der Waals surface area contributed by atoms with Gasteiger partial charge in [-0.3, -0.25) is 4.79 Å². The monoisotopic (exact) mass is 205 g/mol. The fraction of sp³-hybridized carbons (Fsp3) is 0.273. The van der Waals surface area contributed by atoms with E-state index in [0.717, 1.165) is 5.56 Å². The highest BCUT2D eigenvalue weighted by Crippen LogP contribution is 2.23. The Morgan fingerprint density at radius 1 is 1.20 bits per heavy atom. The molecule has 1 aliphatic rings. The van der Waals surface area contributed by atoms with Gasteiger partial charge in [-0.2, -0.15) is 0 Å². The lowest BCUT2D eigenvalue weighted by molar-refractivity contribution is -0.166. The molecule has 0 aromatic heterocycles. The van der Waals surface area contributed by atoms with Crippen LogP contribution in [0.3, 0.4) is 0 Å². The number of benzene rings is 1. The molecule has 1 heterocycles. The molecule has 0 saturated carbocycles. The van der Waals surface area contributed by atoms with Crippen LogP contribution in [0.1, 0.15) is 18.6 Å². The maximum absolute atomic E-state index is 11.1. The lowest BCUT2D eigenvalue weighted by Crippen LogP contribution is -2.48. The minimum atomic E-state index is -0.818. The van der Waals surface area contributed by atoms with Gasteiger partial charge in [0.05, 0.1) is 6.04 Å². The molecule has 0 spiro atoms. The van der Waals surface area contributed by atoms with Gasteiger partial charge in [0, 0.05) is 0 Å². The zero-order valence-electron chi connectivity index (χ0n) is 8.27. The number of nitrogens with one attached hydrogen (secondary N) is 1. The zero-order chi connectivity index (χ0) is 10.8. The predicted molar refractivity (Wildman–Crippen MR) is 52.9 cm³/mol. The third kappa shape index (κ3) is 1.83. The summed E-state index contributed by atoms with van der Waals surface area (Å²) >= 11 is 0. The molecule has 0 radical (unpaired) electrons. The Balaban J connectivity index is 2.23. The van der Waals surface area contributed by atoms with E-state index in [0.29, 0.717) is 0 Å². The van der Waals surface area contributed by atoms with Gasteiger partial charge in [0.1, 0.15) is 6.10 Å². The lowest BCUT2D eigenvalue weighted by Gasteiger charge is -2.29. The molecule has 0 unspecified atom stereocenters. The number of hydrogen-bond donors (Lipinski definition) is 1. The minimum absolute atomic E-state index is 0.197. The molecular formula is C11H11NO3. The maximum atomic E-state index is 11.1. The summed E-state index contributed by atoms with van der Waals surface area (Å²) in [4.78, 5) is 22.1. The number of amides is 1. The SMILES string of the molecule is C[C@H]1NC(=O)C(=O)O[C@H]1c1ccccc1. The van der Waals surface area contributed by atoms with E-state index in [9.17, 15) is 9.59 Å². The number of ether oxygens (including phenoxy) is 1. The van der Waals surface area contributed by atoms with Crippen molar-refractivity contribution in [2.75, 3.05) is 0 Å². The largest absolute Gasteiger partial charge is 0.448 e. The summed E-state index contributed by atoms with van der Waals surface area (Å²) in [5.74, 6) is -1.49. The number of morpholine rings is 1. The zero-order valence-corrected chi connectivity index (χ0v) is 8.27. The number of carbonyl (C=O) groups excluding carboxylic acids is 2. The summed E-state index contributed by atoms with van der Waals surface area (Å²) in [6, 6.07) is 9.16. The molecule has 4 heteroatoms. The van der Waals surface area contributed by atoms with Gasteiger partial charge in [-0.15, -0.1) is 0 Å². The van der Waals surface area contributed by atoms with Crippen LogP contribution in [-0.4, -0.2) is 17.9 Å². The van der Waals surface area contributed by atoms with Crippen LogP contribution in [0.2, 0.25) is 0 Å². The van der Waals surface area contributed by atoms with Crippen LogP contribution in [0.15, 0.2) is 30.3 Å². The molecule has 0 aliphatic carbocycles. The first-order valence-corrected chi connectivity index (χ1v) is 4.75. The molecule has 1 aromatic carbocycles. The second-order valence-electron chi connectivity index (χ2n) is 3.50. The van der Waals surface area contributed by atoms with Crippen LogP contribution in [0.4, 0.5) is 0 Å². The Bertz CT molecular complexity index is 388. The van der Waals surface area contributed by atoms with Crippen LogP contribution in [0, 0.1) is 0 Å². The van der Waals surface area contributed by atoms with Crippen LogP contribution < -0.4 is 5.32 Å². The topological polar surface area (TPSA) is 55.4 Å². The van der Waals surface area contributed by atoms with Gasteiger partial charge in [0.25, 0.3) is 0 Å². The number of rotatable bonds is 1. The quantitative estimate of drug-likeness (QED) is 0.544. The van der Waals surface area contributed by atoms with Crippen molar-refractivity contribution in [1.82, 2.24) is 5.32 Å². The smallest absolute Gasteiger partial charge is 0.397 e. The van der Waals surface area contributed by atoms with E-state index in [1.165, 1.54) is 0 Å². The minimum Gasteiger partial charge on any atom is -0.448 e. The van der Waals surface area contributed by atoms with Crippen molar-refractivity contribution in [3.63, 3.8) is 0 Å². The molecule has 1 aromatic rings. The number of carbonyl (C=O) groups is 2. The Morgan fingerprint density at radius 3 is 2.53 bits per heavy atom. The summed E-state index contributed by atoms with van der Waals surface area (Å²) < 4.78 is 5.05. The molecule has 0 bridgehead atoms. The van der Waals surface area contributed by atoms with Crippen LogP contribution in [0.5, 0.6) is 0 Å². The molecule has 1 N–H and O–H groups in total. The van der Waals surface area contributed by atoms with E-state index >= 15 is 0 Å². The third-order valence-electron chi connectivity index (χ3n) is 2.36. The summed E-state index contributed by atoms with van der Waals surface area (Å²) in [6.07, 6.45) is -0.392. The highest BCUT2D eigenvalue weighted by Gasteiger charge is 2.33.